The number of thiophene rings is 1. The van der Waals surface area contributed by atoms with Crippen LogP contribution in [0.15, 0.2) is 24.5 Å². The molecule has 0 fully saturated rings. The molecule has 1 atom stereocenters. The molecule has 1 unspecified atom stereocenters. The van der Waals surface area contributed by atoms with Gasteiger partial charge in [-0.2, -0.15) is 0 Å². The molecule has 0 spiro atoms. The highest BCUT2D eigenvalue weighted by Gasteiger charge is 2.22. The topological polar surface area (TPSA) is 64.1 Å². The molecule has 2 aromatic heterocycles. The minimum Gasteiger partial charge on any atom is -0.467 e. The van der Waals surface area contributed by atoms with Crippen molar-refractivity contribution in [3.8, 4) is 5.88 Å². The van der Waals surface area contributed by atoms with Gasteiger partial charge in [-0.25, -0.2) is 9.97 Å². The number of ether oxygens (including phenoxy) is 1. The molecule has 4 rings (SSSR count). The number of hydrogen-bond acceptors (Lipinski definition) is 5. The number of aromatic nitrogens is 2. The summed E-state index contributed by atoms with van der Waals surface area (Å²) in [7, 11) is 0. The smallest absolute Gasteiger partial charge is 0.258 e. The summed E-state index contributed by atoms with van der Waals surface area (Å²) in [6, 6.07) is 6.18. The quantitative estimate of drug-likeness (QED) is 0.724. The maximum Gasteiger partial charge on any atom is 0.258 e. The van der Waals surface area contributed by atoms with Gasteiger partial charge in [0, 0.05) is 4.88 Å². The van der Waals surface area contributed by atoms with Crippen LogP contribution in [0.3, 0.4) is 0 Å². The molecular formula is C21H23N3O2S. The monoisotopic (exact) mass is 381 g/mol. The molecule has 0 saturated heterocycles. The third-order valence-corrected chi connectivity index (χ3v) is 6.41. The summed E-state index contributed by atoms with van der Waals surface area (Å²) in [6.45, 7) is 6.10. The van der Waals surface area contributed by atoms with Crippen LogP contribution in [-0.4, -0.2) is 22.5 Å². The molecule has 0 radical (unpaired) electrons. The molecule has 3 aromatic rings. The number of aryl methyl sites for hydroxylation is 4. The standard InChI is InChI=1S/C21H23N3O2S/c1-12-7-8-15(9-13(12)2)14(3)24-18(25)10-26-20-19-16-5-4-6-17(16)27-21(19)23-11-22-20/h7-9,11,14H,4-6,10H2,1-3H3,(H,24,25). The summed E-state index contributed by atoms with van der Waals surface area (Å²) in [5.41, 5.74) is 4.86. The van der Waals surface area contributed by atoms with Gasteiger partial charge in [-0.1, -0.05) is 18.2 Å². The first-order valence-corrected chi connectivity index (χ1v) is 10.1. The zero-order valence-corrected chi connectivity index (χ0v) is 16.7. The van der Waals surface area contributed by atoms with Crippen molar-refractivity contribution >= 4 is 27.5 Å². The second-order valence-corrected chi connectivity index (χ2v) is 8.22. The Kier molecular flexibility index (Phi) is 4.83. The fraction of sp³-hybridized carbons (Fsp3) is 0.381. The van der Waals surface area contributed by atoms with Gasteiger partial charge in [0.15, 0.2) is 6.61 Å². The van der Waals surface area contributed by atoms with Crippen molar-refractivity contribution in [1.82, 2.24) is 15.3 Å². The van der Waals surface area contributed by atoms with Crippen molar-refractivity contribution in [2.24, 2.45) is 0 Å². The Balaban J connectivity index is 1.44. The van der Waals surface area contributed by atoms with Gasteiger partial charge in [-0.3, -0.25) is 4.79 Å². The van der Waals surface area contributed by atoms with E-state index in [1.165, 1.54) is 34.3 Å². The predicted octanol–water partition coefficient (Wildman–Crippen LogP) is 4.05. The molecule has 1 N–H and O–H groups in total. The van der Waals surface area contributed by atoms with Gasteiger partial charge < -0.3 is 10.1 Å². The summed E-state index contributed by atoms with van der Waals surface area (Å²) >= 11 is 1.71. The first-order chi connectivity index (χ1) is 13.0. The van der Waals surface area contributed by atoms with Gasteiger partial charge >= 0.3 is 0 Å². The van der Waals surface area contributed by atoms with E-state index in [-0.39, 0.29) is 18.6 Å². The SMILES string of the molecule is Cc1ccc(C(C)NC(=O)COc2ncnc3sc4c(c23)CCC4)cc1C. The van der Waals surface area contributed by atoms with Gasteiger partial charge in [0.1, 0.15) is 11.2 Å². The van der Waals surface area contributed by atoms with Crippen LogP contribution < -0.4 is 10.1 Å². The molecule has 6 heteroatoms. The van der Waals surface area contributed by atoms with E-state index in [0.717, 1.165) is 28.6 Å². The van der Waals surface area contributed by atoms with Crippen LogP contribution in [0.4, 0.5) is 0 Å². The lowest BCUT2D eigenvalue weighted by Gasteiger charge is -2.16. The Hall–Kier alpha value is -2.47. The number of carbonyl (C=O) groups is 1. The Morgan fingerprint density at radius 3 is 2.93 bits per heavy atom. The van der Waals surface area contributed by atoms with Crippen molar-refractivity contribution < 1.29 is 9.53 Å². The molecule has 1 aromatic carbocycles. The lowest BCUT2D eigenvalue weighted by Crippen LogP contribution is -2.31. The van der Waals surface area contributed by atoms with Gasteiger partial charge in [-0.05, 0) is 62.3 Å². The Labute approximate surface area is 162 Å². The third kappa shape index (κ3) is 3.54. The van der Waals surface area contributed by atoms with Crippen LogP contribution >= 0.6 is 11.3 Å². The third-order valence-electron chi connectivity index (χ3n) is 5.22. The highest BCUT2D eigenvalue weighted by molar-refractivity contribution is 7.18. The van der Waals surface area contributed by atoms with Crippen LogP contribution in [0.1, 0.15) is 46.5 Å². The number of fused-ring (bicyclic) bond motifs is 3. The molecule has 5 nitrogen and oxygen atoms in total. The van der Waals surface area contributed by atoms with Crippen LogP contribution in [-0.2, 0) is 17.6 Å². The summed E-state index contributed by atoms with van der Waals surface area (Å²) in [4.78, 5) is 23.4. The molecule has 0 bridgehead atoms. The van der Waals surface area contributed by atoms with Crippen LogP contribution in [0, 0.1) is 13.8 Å². The van der Waals surface area contributed by atoms with E-state index < -0.39 is 0 Å². The van der Waals surface area contributed by atoms with E-state index in [4.69, 9.17) is 4.74 Å². The zero-order chi connectivity index (χ0) is 19.0. The molecule has 0 saturated carbocycles. The van der Waals surface area contributed by atoms with E-state index in [0.29, 0.717) is 5.88 Å². The summed E-state index contributed by atoms with van der Waals surface area (Å²) in [5.74, 6) is 0.368. The van der Waals surface area contributed by atoms with Gasteiger partial charge in [0.25, 0.3) is 5.91 Å². The van der Waals surface area contributed by atoms with Crippen molar-refractivity contribution in [3.63, 3.8) is 0 Å². The molecule has 140 valence electrons. The fourth-order valence-corrected chi connectivity index (χ4v) is 4.76. The second-order valence-electron chi connectivity index (χ2n) is 7.14. The number of nitrogens with one attached hydrogen (secondary N) is 1. The minimum atomic E-state index is -0.153. The van der Waals surface area contributed by atoms with Crippen LogP contribution in [0.2, 0.25) is 0 Å². The maximum absolute atomic E-state index is 12.4. The van der Waals surface area contributed by atoms with E-state index in [2.05, 4.69) is 47.3 Å². The molecule has 0 aliphatic heterocycles. The van der Waals surface area contributed by atoms with E-state index in [1.807, 2.05) is 6.92 Å². The Morgan fingerprint density at radius 1 is 1.26 bits per heavy atom. The summed E-state index contributed by atoms with van der Waals surface area (Å²) < 4.78 is 5.79. The lowest BCUT2D eigenvalue weighted by atomic mass is 10.0. The zero-order valence-electron chi connectivity index (χ0n) is 15.8. The number of carbonyl (C=O) groups excluding carboxylic acids is 1. The Morgan fingerprint density at radius 2 is 2.11 bits per heavy atom. The average Bonchev–Trinajstić information content (AvgIpc) is 3.23. The normalized spacial score (nSPS) is 14.2. The lowest BCUT2D eigenvalue weighted by molar-refractivity contribution is -0.123. The van der Waals surface area contributed by atoms with Gasteiger partial charge in [0.05, 0.1) is 11.4 Å². The molecule has 1 amide bonds. The largest absolute Gasteiger partial charge is 0.467 e. The molecule has 2 heterocycles. The molecule has 27 heavy (non-hydrogen) atoms. The summed E-state index contributed by atoms with van der Waals surface area (Å²) in [6.07, 6.45) is 4.82. The molecule has 1 aliphatic carbocycles. The van der Waals surface area contributed by atoms with Crippen molar-refractivity contribution in [1.29, 1.82) is 0 Å². The van der Waals surface area contributed by atoms with Gasteiger partial charge in [0.2, 0.25) is 5.88 Å². The fourth-order valence-electron chi connectivity index (χ4n) is 3.54. The molecular weight excluding hydrogens is 358 g/mol. The van der Waals surface area contributed by atoms with E-state index in [1.54, 1.807) is 11.3 Å². The Bertz CT molecular complexity index is 1010. The van der Waals surface area contributed by atoms with Crippen LogP contribution in [0.25, 0.3) is 10.2 Å². The number of amides is 1. The van der Waals surface area contributed by atoms with Gasteiger partial charge in [-0.15, -0.1) is 11.3 Å². The highest BCUT2D eigenvalue weighted by Crippen LogP contribution is 2.39. The van der Waals surface area contributed by atoms with Crippen molar-refractivity contribution in [2.75, 3.05) is 6.61 Å². The van der Waals surface area contributed by atoms with E-state index >= 15 is 0 Å². The predicted molar refractivity (Wildman–Crippen MR) is 107 cm³/mol. The summed E-state index contributed by atoms with van der Waals surface area (Å²) in [5, 5.41) is 3.99. The second kappa shape index (κ2) is 7.27. The number of rotatable bonds is 5. The van der Waals surface area contributed by atoms with Crippen molar-refractivity contribution in [2.45, 2.75) is 46.1 Å². The van der Waals surface area contributed by atoms with E-state index in [9.17, 15) is 4.79 Å². The number of hydrogen-bond donors (Lipinski definition) is 1. The van der Waals surface area contributed by atoms with Crippen molar-refractivity contribution in [3.05, 3.63) is 51.7 Å². The first kappa shape index (κ1) is 17.9. The average molecular weight is 382 g/mol. The number of benzene rings is 1. The maximum atomic E-state index is 12.4. The first-order valence-electron chi connectivity index (χ1n) is 9.27. The minimum absolute atomic E-state index is 0.0497. The number of nitrogens with zero attached hydrogens (tertiary/aromatic N) is 2. The highest BCUT2D eigenvalue weighted by atomic mass is 32.1. The molecule has 1 aliphatic rings. The van der Waals surface area contributed by atoms with Crippen LogP contribution in [0.5, 0.6) is 5.88 Å².